The van der Waals surface area contributed by atoms with Crippen molar-refractivity contribution < 1.29 is 9.59 Å². The van der Waals surface area contributed by atoms with E-state index in [0.717, 1.165) is 69.9 Å². The van der Waals surface area contributed by atoms with Crippen LogP contribution in [-0.4, -0.2) is 102 Å². The van der Waals surface area contributed by atoms with Crippen LogP contribution in [0.1, 0.15) is 30.9 Å². The van der Waals surface area contributed by atoms with Crippen LogP contribution in [0.2, 0.25) is 0 Å². The van der Waals surface area contributed by atoms with Gasteiger partial charge in [-0.2, -0.15) is 0 Å². The summed E-state index contributed by atoms with van der Waals surface area (Å²) in [5, 5.41) is 0. The SMILES string of the molecule is CC(=O)N1CCCN(Cc2cccnc2)CCCN(C(=O)CN2CCN(C)CC2)Cc2ccccc21. The van der Waals surface area contributed by atoms with Gasteiger partial charge in [0.2, 0.25) is 11.8 Å². The highest BCUT2D eigenvalue weighted by molar-refractivity contribution is 5.92. The molecule has 194 valence electrons. The maximum atomic E-state index is 13.5. The third kappa shape index (κ3) is 7.35. The first kappa shape index (κ1) is 26.3. The molecule has 1 aromatic carbocycles. The Kier molecular flexibility index (Phi) is 9.44. The van der Waals surface area contributed by atoms with Gasteiger partial charge >= 0.3 is 0 Å². The molecule has 1 aromatic heterocycles. The van der Waals surface area contributed by atoms with Crippen LogP contribution >= 0.6 is 0 Å². The van der Waals surface area contributed by atoms with Gasteiger partial charge < -0.3 is 14.7 Å². The van der Waals surface area contributed by atoms with E-state index in [9.17, 15) is 9.59 Å². The number of pyridine rings is 1. The smallest absolute Gasteiger partial charge is 0.237 e. The van der Waals surface area contributed by atoms with Gasteiger partial charge in [0.05, 0.1) is 6.54 Å². The fourth-order valence-electron chi connectivity index (χ4n) is 5.11. The lowest BCUT2D eigenvalue weighted by molar-refractivity contribution is -0.133. The number of piperazine rings is 1. The van der Waals surface area contributed by atoms with Gasteiger partial charge in [-0.25, -0.2) is 0 Å². The molecule has 8 heteroatoms. The molecule has 1 fully saturated rings. The molecule has 8 nitrogen and oxygen atoms in total. The molecule has 2 amide bonds. The summed E-state index contributed by atoms with van der Waals surface area (Å²) in [4.78, 5) is 41.3. The summed E-state index contributed by atoms with van der Waals surface area (Å²) in [6.45, 7) is 10.4. The quantitative estimate of drug-likeness (QED) is 0.653. The van der Waals surface area contributed by atoms with Gasteiger partial charge in [0.15, 0.2) is 0 Å². The van der Waals surface area contributed by atoms with E-state index in [1.54, 1.807) is 13.1 Å². The van der Waals surface area contributed by atoms with E-state index < -0.39 is 0 Å². The standard InChI is InChI=1S/C28H40N6O2/c1-24(35)34-15-7-13-31(21-25-8-5-11-29-20-25)12-6-14-33(22-26-9-3-4-10-27(26)34)28(36)23-32-18-16-30(2)17-19-32/h3-5,8-11,20H,6-7,12-19,21-23H2,1-2H3. The molecule has 0 saturated carbocycles. The zero-order valence-corrected chi connectivity index (χ0v) is 21.8. The van der Waals surface area contributed by atoms with Gasteiger partial charge in [0.25, 0.3) is 0 Å². The van der Waals surface area contributed by atoms with Crippen LogP contribution in [0.15, 0.2) is 48.8 Å². The van der Waals surface area contributed by atoms with Crippen molar-refractivity contribution in [3.8, 4) is 0 Å². The third-order valence-corrected chi connectivity index (χ3v) is 7.22. The highest BCUT2D eigenvalue weighted by Crippen LogP contribution is 2.24. The van der Waals surface area contributed by atoms with Crippen LogP contribution in [0.3, 0.4) is 0 Å². The maximum absolute atomic E-state index is 13.5. The second kappa shape index (κ2) is 12.9. The third-order valence-electron chi connectivity index (χ3n) is 7.22. The minimum absolute atomic E-state index is 0.0358. The zero-order valence-electron chi connectivity index (χ0n) is 21.8. The van der Waals surface area contributed by atoms with Crippen molar-refractivity contribution in [3.63, 3.8) is 0 Å². The Morgan fingerprint density at radius 3 is 2.33 bits per heavy atom. The Morgan fingerprint density at radius 1 is 0.861 bits per heavy atom. The molecule has 0 spiro atoms. The van der Waals surface area contributed by atoms with Crippen LogP contribution in [0.4, 0.5) is 5.69 Å². The topological polar surface area (TPSA) is 63.2 Å². The van der Waals surface area contributed by atoms with Crippen molar-refractivity contribution in [2.75, 3.05) is 70.9 Å². The number of aromatic nitrogens is 1. The number of nitrogens with zero attached hydrogens (tertiary/aromatic N) is 6. The van der Waals surface area contributed by atoms with Gasteiger partial charge in [-0.3, -0.25) is 24.4 Å². The molecule has 0 radical (unpaired) electrons. The van der Waals surface area contributed by atoms with Crippen LogP contribution in [0.25, 0.3) is 0 Å². The highest BCUT2D eigenvalue weighted by Gasteiger charge is 2.24. The van der Waals surface area contributed by atoms with Gasteiger partial charge in [-0.15, -0.1) is 0 Å². The number of para-hydroxylation sites is 1. The van der Waals surface area contributed by atoms with E-state index >= 15 is 0 Å². The number of hydrogen-bond acceptors (Lipinski definition) is 6. The second-order valence-corrected chi connectivity index (χ2v) is 10.0. The predicted octanol–water partition coefficient (Wildman–Crippen LogP) is 2.31. The first-order valence-corrected chi connectivity index (χ1v) is 13.2. The molecule has 2 aliphatic rings. The van der Waals surface area contributed by atoms with E-state index in [4.69, 9.17) is 0 Å². The molecule has 2 aromatic rings. The van der Waals surface area contributed by atoms with Gasteiger partial charge in [-0.05, 0) is 43.1 Å². The monoisotopic (exact) mass is 492 g/mol. The number of carbonyl (C=O) groups is 2. The molecule has 0 unspecified atom stereocenters. The molecule has 3 heterocycles. The first-order valence-electron chi connectivity index (χ1n) is 13.2. The molecule has 0 atom stereocenters. The lowest BCUT2D eigenvalue weighted by atomic mass is 10.1. The van der Waals surface area contributed by atoms with E-state index in [-0.39, 0.29) is 11.8 Å². The molecule has 0 aliphatic carbocycles. The van der Waals surface area contributed by atoms with Gasteiger partial charge in [0.1, 0.15) is 0 Å². The van der Waals surface area contributed by atoms with E-state index in [1.807, 2.05) is 40.3 Å². The van der Waals surface area contributed by atoms with Crippen LogP contribution < -0.4 is 4.90 Å². The average molecular weight is 493 g/mol. The van der Waals surface area contributed by atoms with Crippen molar-refractivity contribution in [2.24, 2.45) is 0 Å². The van der Waals surface area contributed by atoms with E-state index in [2.05, 4.69) is 38.9 Å². The fraction of sp³-hybridized carbons (Fsp3) is 0.536. The lowest BCUT2D eigenvalue weighted by Crippen LogP contribution is -2.49. The van der Waals surface area contributed by atoms with Crippen molar-refractivity contribution in [3.05, 3.63) is 59.9 Å². The number of anilines is 1. The summed E-state index contributed by atoms with van der Waals surface area (Å²) in [6.07, 6.45) is 5.51. The first-order chi connectivity index (χ1) is 17.5. The normalized spacial score (nSPS) is 19.3. The maximum Gasteiger partial charge on any atom is 0.237 e. The number of hydrogen-bond donors (Lipinski definition) is 0. The summed E-state index contributed by atoms with van der Waals surface area (Å²) in [6, 6.07) is 12.1. The Hall–Kier alpha value is -2.81. The van der Waals surface area contributed by atoms with Crippen LogP contribution in [0.5, 0.6) is 0 Å². The summed E-state index contributed by atoms with van der Waals surface area (Å²) in [5.41, 5.74) is 3.13. The average Bonchev–Trinajstić information content (AvgIpc) is 2.87. The number of carbonyl (C=O) groups excluding carboxylic acids is 2. The van der Waals surface area contributed by atoms with Gasteiger partial charge in [0, 0.05) is 90.5 Å². The van der Waals surface area contributed by atoms with E-state index in [0.29, 0.717) is 26.2 Å². The second-order valence-electron chi connectivity index (χ2n) is 10.0. The van der Waals surface area contributed by atoms with Crippen molar-refractivity contribution in [1.82, 2.24) is 24.6 Å². The number of fused-ring (bicyclic) bond motifs is 1. The number of benzene rings is 1. The van der Waals surface area contributed by atoms with Crippen molar-refractivity contribution in [2.45, 2.75) is 32.9 Å². The minimum Gasteiger partial charge on any atom is -0.337 e. The Balaban J connectivity index is 1.53. The lowest BCUT2D eigenvalue weighted by Gasteiger charge is -2.34. The predicted molar refractivity (Wildman–Crippen MR) is 143 cm³/mol. The highest BCUT2D eigenvalue weighted by atomic mass is 16.2. The van der Waals surface area contributed by atoms with Crippen LogP contribution in [-0.2, 0) is 22.7 Å². The Morgan fingerprint density at radius 2 is 1.61 bits per heavy atom. The molecular formula is C28H40N6O2. The summed E-state index contributed by atoms with van der Waals surface area (Å²) < 4.78 is 0. The molecule has 0 bridgehead atoms. The summed E-state index contributed by atoms with van der Waals surface area (Å²) in [7, 11) is 2.13. The molecular weight excluding hydrogens is 452 g/mol. The molecule has 4 rings (SSSR count). The number of rotatable bonds is 4. The zero-order chi connectivity index (χ0) is 25.3. The summed E-state index contributed by atoms with van der Waals surface area (Å²) in [5.74, 6) is 0.202. The van der Waals surface area contributed by atoms with Crippen LogP contribution in [0, 0.1) is 0 Å². The van der Waals surface area contributed by atoms with Crippen molar-refractivity contribution in [1.29, 1.82) is 0 Å². The van der Waals surface area contributed by atoms with Crippen molar-refractivity contribution >= 4 is 17.5 Å². The number of likely N-dealkylation sites (N-methyl/N-ethyl adjacent to an activating group) is 1. The largest absolute Gasteiger partial charge is 0.337 e. The molecule has 36 heavy (non-hydrogen) atoms. The fourth-order valence-corrected chi connectivity index (χ4v) is 5.11. The molecule has 1 saturated heterocycles. The number of amides is 2. The molecule has 2 aliphatic heterocycles. The Labute approximate surface area is 215 Å². The molecule has 0 N–H and O–H groups in total. The van der Waals surface area contributed by atoms with Gasteiger partial charge in [-0.1, -0.05) is 24.3 Å². The minimum atomic E-state index is 0.0358. The summed E-state index contributed by atoms with van der Waals surface area (Å²) >= 11 is 0. The Bertz CT molecular complexity index is 993. The van der Waals surface area contributed by atoms with E-state index in [1.165, 1.54) is 5.56 Å².